The Morgan fingerprint density at radius 1 is 1.23 bits per heavy atom. The number of carbonyl (C=O) groups excluding carboxylic acids is 2. The lowest BCUT2D eigenvalue weighted by Gasteiger charge is -2.07. The molecule has 0 aliphatic heterocycles. The SMILES string of the molecule is CNc1nc(C(N)=O)c(NC(=O)c2cnc(-c3cccnc3)nc2C)s1. The van der Waals surface area contributed by atoms with Crippen LogP contribution in [-0.2, 0) is 0 Å². The molecule has 0 saturated carbocycles. The van der Waals surface area contributed by atoms with E-state index in [9.17, 15) is 9.59 Å². The van der Waals surface area contributed by atoms with Crippen molar-refractivity contribution in [1.29, 1.82) is 0 Å². The summed E-state index contributed by atoms with van der Waals surface area (Å²) in [5.74, 6) is -0.702. The molecule has 3 aromatic rings. The molecule has 0 saturated heterocycles. The number of pyridine rings is 1. The Balaban J connectivity index is 1.87. The molecule has 4 N–H and O–H groups in total. The van der Waals surface area contributed by atoms with E-state index in [0.717, 1.165) is 16.9 Å². The topological polar surface area (TPSA) is 136 Å². The molecule has 3 aromatic heterocycles. The molecule has 0 aliphatic carbocycles. The Labute approximate surface area is 152 Å². The minimum Gasteiger partial charge on any atom is -0.365 e. The first-order valence-corrected chi connectivity index (χ1v) is 8.35. The Bertz CT molecular complexity index is 972. The smallest absolute Gasteiger partial charge is 0.270 e. The van der Waals surface area contributed by atoms with Crippen LogP contribution in [0.2, 0.25) is 0 Å². The van der Waals surface area contributed by atoms with E-state index >= 15 is 0 Å². The predicted molar refractivity (Wildman–Crippen MR) is 98.1 cm³/mol. The van der Waals surface area contributed by atoms with Crippen molar-refractivity contribution in [3.63, 3.8) is 0 Å². The van der Waals surface area contributed by atoms with E-state index < -0.39 is 11.8 Å². The summed E-state index contributed by atoms with van der Waals surface area (Å²) in [6.07, 6.45) is 4.73. The standard InChI is InChI=1S/C16H15N7O2S/c1-8-10(7-20-13(21-8)9-4-3-5-19-6-9)14(25)23-15-11(12(17)24)22-16(18-2)26-15/h3-7H,1-2H3,(H2,17,24)(H,18,22)(H,23,25). The van der Waals surface area contributed by atoms with E-state index in [1.165, 1.54) is 6.20 Å². The molecule has 0 unspecified atom stereocenters. The fourth-order valence-corrected chi connectivity index (χ4v) is 2.99. The number of nitrogens with two attached hydrogens (primary N) is 1. The van der Waals surface area contributed by atoms with Crippen LogP contribution in [0.4, 0.5) is 10.1 Å². The molecule has 2 amide bonds. The largest absolute Gasteiger partial charge is 0.365 e. The van der Waals surface area contributed by atoms with Crippen molar-refractivity contribution in [2.24, 2.45) is 5.73 Å². The third kappa shape index (κ3) is 3.49. The van der Waals surface area contributed by atoms with Crippen LogP contribution in [-0.4, -0.2) is 38.8 Å². The van der Waals surface area contributed by atoms with E-state index in [2.05, 4.69) is 30.6 Å². The number of rotatable bonds is 5. The maximum atomic E-state index is 12.6. The van der Waals surface area contributed by atoms with Crippen molar-refractivity contribution in [3.05, 3.63) is 47.7 Å². The number of aromatic nitrogens is 4. The fraction of sp³-hybridized carbons (Fsp3) is 0.125. The van der Waals surface area contributed by atoms with Gasteiger partial charge < -0.3 is 16.4 Å². The monoisotopic (exact) mass is 369 g/mol. The lowest BCUT2D eigenvalue weighted by atomic mass is 10.2. The summed E-state index contributed by atoms with van der Waals surface area (Å²) in [6, 6.07) is 3.61. The Morgan fingerprint density at radius 2 is 2.04 bits per heavy atom. The van der Waals surface area contributed by atoms with E-state index in [1.807, 2.05) is 6.07 Å². The summed E-state index contributed by atoms with van der Waals surface area (Å²) in [4.78, 5) is 40.7. The molecule has 0 bridgehead atoms. The van der Waals surface area contributed by atoms with Gasteiger partial charge in [0.15, 0.2) is 16.6 Å². The first-order chi connectivity index (χ1) is 12.5. The van der Waals surface area contributed by atoms with Crippen molar-refractivity contribution in [3.8, 4) is 11.4 Å². The van der Waals surface area contributed by atoms with Crippen molar-refractivity contribution in [2.75, 3.05) is 17.7 Å². The number of nitrogens with one attached hydrogen (secondary N) is 2. The molecule has 0 fully saturated rings. The molecule has 0 aliphatic rings. The second-order valence-corrected chi connectivity index (χ2v) is 6.20. The molecule has 3 heterocycles. The number of anilines is 2. The number of hydrogen-bond donors (Lipinski definition) is 3. The molecule has 26 heavy (non-hydrogen) atoms. The van der Waals surface area contributed by atoms with Gasteiger partial charge in [0.25, 0.3) is 11.8 Å². The number of thiazole rings is 1. The fourth-order valence-electron chi connectivity index (χ4n) is 2.17. The van der Waals surface area contributed by atoms with Gasteiger partial charge in [0.05, 0.1) is 11.3 Å². The predicted octanol–water partition coefficient (Wildman–Crippen LogP) is 1.70. The first kappa shape index (κ1) is 17.4. The van der Waals surface area contributed by atoms with Crippen LogP contribution >= 0.6 is 11.3 Å². The number of aryl methyl sites for hydroxylation is 1. The molecule has 3 rings (SSSR count). The molecule has 9 nitrogen and oxygen atoms in total. The summed E-state index contributed by atoms with van der Waals surface area (Å²) in [7, 11) is 1.66. The van der Waals surface area contributed by atoms with Gasteiger partial charge in [-0.25, -0.2) is 15.0 Å². The third-order valence-electron chi connectivity index (χ3n) is 3.45. The number of primary amides is 1. The normalized spacial score (nSPS) is 10.4. The maximum absolute atomic E-state index is 12.6. The molecule has 0 atom stereocenters. The van der Waals surface area contributed by atoms with Crippen LogP contribution in [0.15, 0.2) is 30.7 Å². The highest BCUT2D eigenvalue weighted by Gasteiger charge is 2.20. The minimum absolute atomic E-state index is 0.00162. The van der Waals surface area contributed by atoms with Crippen LogP contribution in [0, 0.1) is 6.92 Å². The van der Waals surface area contributed by atoms with Crippen molar-refractivity contribution >= 4 is 33.3 Å². The summed E-state index contributed by atoms with van der Waals surface area (Å²) >= 11 is 1.11. The average molecular weight is 369 g/mol. The molecule has 0 aromatic carbocycles. The second kappa shape index (κ2) is 7.23. The average Bonchev–Trinajstić information content (AvgIpc) is 3.05. The zero-order chi connectivity index (χ0) is 18.7. The van der Waals surface area contributed by atoms with Crippen LogP contribution < -0.4 is 16.4 Å². The molecule has 132 valence electrons. The Kier molecular flexibility index (Phi) is 4.85. The van der Waals surface area contributed by atoms with E-state index in [4.69, 9.17) is 5.73 Å². The van der Waals surface area contributed by atoms with E-state index in [0.29, 0.717) is 16.6 Å². The molecule has 0 spiro atoms. The molecule has 0 radical (unpaired) electrons. The summed E-state index contributed by atoms with van der Waals surface area (Å²) in [5, 5.41) is 6.19. The van der Waals surface area contributed by atoms with Gasteiger partial charge >= 0.3 is 0 Å². The van der Waals surface area contributed by atoms with Gasteiger partial charge in [-0.15, -0.1) is 0 Å². The summed E-state index contributed by atoms with van der Waals surface area (Å²) in [6.45, 7) is 1.71. The van der Waals surface area contributed by atoms with E-state index in [1.54, 1.807) is 32.4 Å². The lowest BCUT2D eigenvalue weighted by molar-refractivity contribution is 0.0997. The maximum Gasteiger partial charge on any atom is 0.270 e. The van der Waals surface area contributed by atoms with Crippen molar-refractivity contribution < 1.29 is 9.59 Å². The number of carbonyl (C=O) groups is 2. The molecule has 10 heteroatoms. The van der Waals surface area contributed by atoms with Gasteiger partial charge in [-0.05, 0) is 19.1 Å². The quantitative estimate of drug-likeness (QED) is 0.622. The van der Waals surface area contributed by atoms with Crippen LogP contribution in [0.3, 0.4) is 0 Å². The van der Waals surface area contributed by atoms with Gasteiger partial charge in [0.2, 0.25) is 0 Å². The molecular weight excluding hydrogens is 354 g/mol. The molecular formula is C16H15N7O2S. The van der Waals surface area contributed by atoms with Gasteiger partial charge in [0.1, 0.15) is 5.00 Å². The summed E-state index contributed by atoms with van der Waals surface area (Å²) in [5.41, 5.74) is 6.84. The van der Waals surface area contributed by atoms with Crippen LogP contribution in [0.25, 0.3) is 11.4 Å². The Hall–Kier alpha value is -3.40. The minimum atomic E-state index is -0.724. The highest BCUT2D eigenvalue weighted by atomic mass is 32.1. The van der Waals surface area contributed by atoms with Gasteiger partial charge in [-0.3, -0.25) is 14.6 Å². The highest BCUT2D eigenvalue weighted by molar-refractivity contribution is 7.20. The van der Waals surface area contributed by atoms with Crippen LogP contribution in [0.5, 0.6) is 0 Å². The Morgan fingerprint density at radius 3 is 2.65 bits per heavy atom. The summed E-state index contributed by atoms with van der Waals surface area (Å²) < 4.78 is 0. The lowest BCUT2D eigenvalue weighted by Crippen LogP contribution is -2.18. The van der Waals surface area contributed by atoms with E-state index in [-0.39, 0.29) is 16.3 Å². The zero-order valence-electron chi connectivity index (χ0n) is 14.0. The van der Waals surface area contributed by atoms with Crippen molar-refractivity contribution in [1.82, 2.24) is 19.9 Å². The zero-order valence-corrected chi connectivity index (χ0v) is 14.8. The van der Waals surface area contributed by atoms with Gasteiger partial charge in [-0.1, -0.05) is 11.3 Å². The number of hydrogen-bond acceptors (Lipinski definition) is 8. The first-order valence-electron chi connectivity index (χ1n) is 7.53. The van der Waals surface area contributed by atoms with Gasteiger partial charge in [-0.2, -0.15) is 0 Å². The second-order valence-electron chi connectivity index (χ2n) is 5.20. The number of amides is 2. The number of nitrogens with zero attached hydrogens (tertiary/aromatic N) is 4. The van der Waals surface area contributed by atoms with Gasteiger partial charge in [0, 0.05) is 31.2 Å². The third-order valence-corrected chi connectivity index (χ3v) is 4.43. The van der Waals surface area contributed by atoms with Crippen LogP contribution in [0.1, 0.15) is 26.5 Å². The van der Waals surface area contributed by atoms with Crippen molar-refractivity contribution in [2.45, 2.75) is 6.92 Å². The highest BCUT2D eigenvalue weighted by Crippen LogP contribution is 2.28.